The molecule has 2 heterocycles. The lowest BCUT2D eigenvalue weighted by Gasteiger charge is -2.11. The third-order valence-corrected chi connectivity index (χ3v) is 3.71. The van der Waals surface area contributed by atoms with Gasteiger partial charge in [-0.05, 0) is 37.2 Å². The van der Waals surface area contributed by atoms with Crippen LogP contribution in [0.5, 0.6) is 0 Å². The highest BCUT2D eigenvalue weighted by atomic mass is 32.2. The molecular weight excluding hydrogens is 262 g/mol. The van der Waals surface area contributed by atoms with Crippen LogP contribution in [0.15, 0.2) is 33.8 Å². The molecule has 6 nitrogen and oxygen atoms in total. The lowest BCUT2D eigenvalue weighted by molar-refractivity contribution is 0.318. The number of amidine groups is 1. The molecule has 19 heavy (non-hydrogen) atoms. The van der Waals surface area contributed by atoms with Gasteiger partial charge in [0.1, 0.15) is 5.03 Å². The summed E-state index contributed by atoms with van der Waals surface area (Å²) in [5.41, 5.74) is 8.17. The second-order valence-corrected chi connectivity index (χ2v) is 5.12. The van der Waals surface area contributed by atoms with E-state index in [0.29, 0.717) is 10.6 Å². The normalized spacial score (nSPS) is 11.8. The van der Waals surface area contributed by atoms with Crippen molar-refractivity contribution in [2.45, 2.75) is 24.0 Å². The predicted octanol–water partition coefficient (Wildman–Crippen LogP) is 1.68. The van der Waals surface area contributed by atoms with E-state index in [1.54, 1.807) is 6.20 Å². The zero-order chi connectivity index (χ0) is 14.0. The van der Waals surface area contributed by atoms with Gasteiger partial charge < -0.3 is 15.5 Å². The first-order valence-electron chi connectivity index (χ1n) is 5.64. The third-order valence-electron chi connectivity index (χ3n) is 2.64. The van der Waals surface area contributed by atoms with Crippen molar-refractivity contribution in [2.24, 2.45) is 17.9 Å². The van der Waals surface area contributed by atoms with E-state index in [1.165, 1.54) is 11.8 Å². The minimum atomic E-state index is 0.0571. The SMILES string of the molecule is Cc1cc(C)c(C(N)=NO)c(Sc2nccn2C)n1. The van der Waals surface area contributed by atoms with Gasteiger partial charge in [0, 0.05) is 25.1 Å². The molecule has 0 fully saturated rings. The molecule has 0 bridgehead atoms. The van der Waals surface area contributed by atoms with Gasteiger partial charge in [0.2, 0.25) is 0 Å². The molecule has 7 heteroatoms. The molecular formula is C12H15N5OS. The molecule has 0 amide bonds. The largest absolute Gasteiger partial charge is 0.409 e. The summed E-state index contributed by atoms with van der Waals surface area (Å²) in [6.07, 6.45) is 3.57. The van der Waals surface area contributed by atoms with Crippen LogP contribution in [0, 0.1) is 13.8 Å². The summed E-state index contributed by atoms with van der Waals surface area (Å²) in [7, 11) is 1.90. The van der Waals surface area contributed by atoms with E-state index in [1.807, 2.05) is 37.7 Å². The van der Waals surface area contributed by atoms with Crippen LogP contribution in [0.3, 0.4) is 0 Å². The van der Waals surface area contributed by atoms with Crippen molar-refractivity contribution in [2.75, 3.05) is 0 Å². The second-order valence-electron chi connectivity index (χ2n) is 4.17. The summed E-state index contributed by atoms with van der Waals surface area (Å²) < 4.78 is 1.89. The smallest absolute Gasteiger partial charge is 0.174 e. The quantitative estimate of drug-likeness (QED) is 0.385. The molecule has 0 saturated heterocycles. The molecule has 0 aliphatic heterocycles. The van der Waals surface area contributed by atoms with Crippen LogP contribution in [0.4, 0.5) is 0 Å². The van der Waals surface area contributed by atoms with E-state index in [2.05, 4.69) is 15.1 Å². The molecule has 0 spiro atoms. The lowest BCUT2D eigenvalue weighted by Crippen LogP contribution is -2.17. The molecule has 2 aromatic heterocycles. The van der Waals surface area contributed by atoms with Gasteiger partial charge in [0.05, 0.1) is 5.56 Å². The van der Waals surface area contributed by atoms with Crippen LogP contribution < -0.4 is 5.73 Å². The van der Waals surface area contributed by atoms with E-state index in [9.17, 15) is 0 Å². The Morgan fingerprint density at radius 1 is 1.47 bits per heavy atom. The number of pyridine rings is 1. The third kappa shape index (κ3) is 2.70. The number of aryl methyl sites for hydroxylation is 3. The van der Waals surface area contributed by atoms with Gasteiger partial charge in [0.25, 0.3) is 0 Å². The maximum atomic E-state index is 8.89. The summed E-state index contributed by atoms with van der Waals surface area (Å²) in [6.45, 7) is 3.82. The summed E-state index contributed by atoms with van der Waals surface area (Å²) in [4.78, 5) is 8.70. The number of imidazole rings is 1. The highest BCUT2D eigenvalue weighted by molar-refractivity contribution is 7.99. The molecule has 0 aromatic carbocycles. The molecule has 2 aromatic rings. The van der Waals surface area contributed by atoms with Crippen molar-refractivity contribution in [1.82, 2.24) is 14.5 Å². The van der Waals surface area contributed by atoms with Crippen LogP contribution in [-0.2, 0) is 7.05 Å². The molecule has 100 valence electrons. The Bertz CT molecular complexity index is 635. The van der Waals surface area contributed by atoms with Crippen molar-refractivity contribution in [3.8, 4) is 0 Å². The Morgan fingerprint density at radius 2 is 2.21 bits per heavy atom. The Hall–Kier alpha value is -2.02. The summed E-state index contributed by atoms with van der Waals surface area (Å²) in [5, 5.41) is 13.4. The number of nitrogens with zero attached hydrogens (tertiary/aromatic N) is 4. The highest BCUT2D eigenvalue weighted by Gasteiger charge is 2.16. The summed E-state index contributed by atoms with van der Waals surface area (Å²) >= 11 is 1.39. The van der Waals surface area contributed by atoms with Gasteiger partial charge in [-0.15, -0.1) is 0 Å². The van der Waals surface area contributed by atoms with Gasteiger partial charge in [0.15, 0.2) is 11.0 Å². The van der Waals surface area contributed by atoms with Gasteiger partial charge in [-0.1, -0.05) is 5.16 Å². The van der Waals surface area contributed by atoms with Crippen molar-refractivity contribution in [3.63, 3.8) is 0 Å². The first-order chi connectivity index (χ1) is 9.02. The van der Waals surface area contributed by atoms with Gasteiger partial charge in [-0.3, -0.25) is 0 Å². The maximum Gasteiger partial charge on any atom is 0.174 e. The van der Waals surface area contributed by atoms with E-state index >= 15 is 0 Å². The molecule has 0 aliphatic carbocycles. The maximum absolute atomic E-state index is 8.89. The summed E-state index contributed by atoms with van der Waals surface area (Å²) in [6, 6.07) is 1.90. The fourth-order valence-corrected chi connectivity index (χ4v) is 2.82. The molecule has 0 unspecified atom stereocenters. The number of oxime groups is 1. The zero-order valence-corrected chi connectivity index (χ0v) is 11.8. The van der Waals surface area contributed by atoms with Gasteiger partial charge in [-0.25, -0.2) is 9.97 Å². The molecule has 0 radical (unpaired) electrons. The first-order valence-corrected chi connectivity index (χ1v) is 6.46. The molecule has 0 aliphatic rings. The van der Waals surface area contributed by atoms with Crippen LogP contribution in [0.25, 0.3) is 0 Å². The van der Waals surface area contributed by atoms with E-state index in [-0.39, 0.29) is 5.84 Å². The van der Waals surface area contributed by atoms with Gasteiger partial charge >= 0.3 is 0 Å². The minimum absolute atomic E-state index is 0.0571. The van der Waals surface area contributed by atoms with Gasteiger partial charge in [-0.2, -0.15) is 0 Å². The Morgan fingerprint density at radius 3 is 2.79 bits per heavy atom. The van der Waals surface area contributed by atoms with Crippen molar-refractivity contribution >= 4 is 17.6 Å². The Kier molecular flexibility index (Phi) is 3.75. The zero-order valence-electron chi connectivity index (χ0n) is 11.0. The van der Waals surface area contributed by atoms with Crippen molar-refractivity contribution in [1.29, 1.82) is 0 Å². The number of hydrogen-bond acceptors (Lipinski definition) is 5. The van der Waals surface area contributed by atoms with Crippen LogP contribution in [0.2, 0.25) is 0 Å². The van der Waals surface area contributed by atoms with E-state index in [4.69, 9.17) is 10.9 Å². The summed E-state index contributed by atoms with van der Waals surface area (Å²) in [5.74, 6) is 0.0571. The van der Waals surface area contributed by atoms with Crippen LogP contribution >= 0.6 is 11.8 Å². The lowest BCUT2D eigenvalue weighted by atomic mass is 10.1. The van der Waals surface area contributed by atoms with Crippen LogP contribution in [0.1, 0.15) is 16.8 Å². The van der Waals surface area contributed by atoms with Crippen LogP contribution in [-0.4, -0.2) is 25.6 Å². The Balaban J connectivity index is 2.52. The number of hydrogen-bond donors (Lipinski definition) is 2. The topological polar surface area (TPSA) is 89.3 Å². The number of rotatable bonds is 3. The fraction of sp³-hybridized carbons (Fsp3) is 0.250. The standard InChI is InChI=1S/C12H15N5OS/c1-7-6-8(2)15-11(9(7)10(13)16-18)19-12-14-4-5-17(12)3/h4-6,18H,1-3H3,(H2,13,16). The minimum Gasteiger partial charge on any atom is -0.409 e. The molecule has 0 saturated carbocycles. The van der Waals surface area contributed by atoms with E-state index in [0.717, 1.165) is 16.4 Å². The van der Waals surface area contributed by atoms with Crippen molar-refractivity contribution in [3.05, 3.63) is 35.3 Å². The Labute approximate surface area is 115 Å². The predicted molar refractivity (Wildman–Crippen MR) is 73.6 cm³/mol. The molecule has 0 atom stereocenters. The molecule has 2 rings (SSSR count). The number of aromatic nitrogens is 3. The average Bonchev–Trinajstić information content (AvgIpc) is 2.73. The second kappa shape index (κ2) is 5.31. The molecule has 3 N–H and O–H groups in total. The first kappa shape index (κ1) is 13.4. The number of nitrogens with two attached hydrogens (primary N) is 1. The van der Waals surface area contributed by atoms with Crippen molar-refractivity contribution < 1.29 is 5.21 Å². The van der Waals surface area contributed by atoms with E-state index < -0.39 is 0 Å². The average molecular weight is 277 g/mol. The monoisotopic (exact) mass is 277 g/mol. The fourth-order valence-electron chi connectivity index (χ4n) is 1.77. The highest BCUT2D eigenvalue weighted by Crippen LogP contribution is 2.29.